The highest BCUT2D eigenvalue weighted by Gasteiger charge is 2.15. The van der Waals surface area contributed by atoms with E-state index in [2.05, 4.69) is 19.1 Å². The van der Waals surface area contributed by atoms with Crippen molar-refractivity contribution in [1.29, 1.82) is 0 Å². The highest BCUT2D eigenvalue weighted by atomic mass is 35.5. The maximum absolute atomic E-state index is 13.5. The minimum absolute atomic E-state index is 0.153. The molecule has 0 bridgehead atoms. The van der Waals surface area contributed by atoms with Gasteiger partial charge in [-0.2, -0.15) is 0 Å². The summed E-state index contributed by atoms with van der Waals surface area (Å²) in [5.41, 5.74) is 9.08. The van der Waals surface area contributed by atoms with Crippen LogP contribution >= 0.6 is 11.6 Å². The van der Waals surface area contributed by atoms with Crippen molar-refractivity contribution in [3.63, 3.8) is 0 Å². The molecule has 2 aromatic rings. The lowest BCUT2D eigenvalue weighted by Gasteiger charge is -2.18. The highest BCUT2D eigenvalue weighted by molar-refractivity contribution is 6.31. The first-order valence-corrected chi connectivity index (χ1v) is 6.69. The maximum Gasteiger partial charge on any atom is 0.142 e. The highest BCUT2D eigenvalue weighted by Crippen LogP contribution is 2.27. The van der Waals surface area contributed by atoms with Gasteiger partial charge in [0.1, 0.15) is 5.82 Å². The first kappa shape index (κ1) is 14.0. The summed E-state index contributed by atoms with van der Waals surface area (Å²) in [5.74, 6) is -0.222. The number of hydrogen-bond acceptors (Lipinski definition) is 1. The van der Waals surface area contributed by atoms with E-state index in [0.29, 0.717) is 13.0 Å². The van der Waals surface area contributed by atoms with Crippen LogP contribution in [0.25, 0.3) is 0 Å². The van der Waals surface area contributed by atoms with Crippen molar-refractivity contribution in [2.75, 3.05) is 6.54 Å². The smallest absolute Gasteiger partial charge is 0.142 e. The van der Waals surface area contributed by atoms with Crippen LogP contribution in [0.2, 0.25) is 5.02 Å². The molecule has 0 fully saturated rings. The lowest BCUT2D eigenvalue weighted by molar-refractivity contribution is 0.621. The summed E-state index contributed by atoms with van der Waals surface area (Å²) in [5, 5.41) is 0.203. The molecule has 0 amide bonds. The number of aryl methyl sites for hydroxylation is 1. The Bertz CT molecular complexity index is 568. The summed E-state index contributed by atoms with van der Waals surface area (Å²) in [6.07, 6.45) is 0.651. The quantitative estimate of drug-likeness (QED) is 0.896. The molecule has 2 N–H and O–H groups in total. The van der Waals surface area contributed by atoms with Gasteiger partial charge >= 0.3 is 0 Å². The van der Waals surface area contributed by atoms with E-state index >= 15 is 0 Å². The molecule has 0 aliphatic rings. The van der Waals surface area contributed by atoms with Crippen LogP contribution in [-0.2, 0) is 6.42 Å². The fraction of sp³-hybridized carbons (Fsp3) is 0.250. The van der Waals surface area contributed by atoms with E-state index in [0.717, 1.165) is 5.56 Å². The van der Waals surface area contributed by atoms with Gasteiger partial charge in [0.15, 0.2) is 0 Å². The average Bonchev–Trinajstić information content (AvgIpc) is 2.41. The standard InChI is InChI=1S/C16H17ClFN/c1-11-5-2-3-7-14(11)13(10-19)9-12-6-4-8-15(18)16(12)17/h2-8,13H,9-10,19H2,1H3. The zero-order valence-corrected chi connectivity index (χ0v) is 11.6. The number of hydrogen-bond donors (Lipinski definition) is 1. The third kappa shape index (κ3) is 3.14. The van der Waals surface area contributed by atoms with Crippen molar-refractivity contribution in [2.24, 2.45) is 5.73 Å². The van der Waals surface area contributed by atoms with Crippen LogP contribution in [0.1, 0.15) is 22.6 Å². The molecule has 1 nitrogen and oxygen atoms in total. The average molecular weight is 278 g/mol. The zero-order valence-electron chi connectivity index (χ0n) is 10.9. The Hall–Kier alpha value is -1.38. The third-order valence-corrected chi connectivity index (χ3v) is 3.83. The minimum Gasteiger partial charge on any atom is -0.330 e. The normalized spacial score (nSPS) is 12.4. The second kappa shape index (κ2) is 6.18. The maximum atomic E-state index is 13.5. The molecule has 0 saturated heterocycles. The van der Waals surface area contributed by atoms with Gasteiger partial charge in [-0.1, -0.05) is 48.0 Å². The Labute approximate surface area is 118 Å². The topological polar surface area (TPSA) is 26.0 Å². The first-order valence-electron chi connectivity index (χ1n) is 6.32. The largest absolute Gasteiger partial charge is 0.330 e. The lowest BCUT2D eigenvalue weighted by Crippen LogP contribution is -2.16. The van der Waals surface area contributed by atoms with Gasteiger partial charge in [-0.05, 0) is 42.6 Å². The Morgan fingerprint density at radius 2 is 1.89 bits per heavy atom. The molecule has 0 spiro atoms. The van der Waals surface area contributed by atoms with Crippen LogP contribution in [0.3, 0.4) is 0 Å². The van der Waals surface area contributed by atoms with E-state index in [-0.39, 0.29) is 16.8 Å². The summed E-state index contributed by atoms with van der Waals surface area (Å²) < 4.78 is 13.5. The Kier molecular flexibility index (Phi) is 4.56. The van der Waals surface area contributed by atoms with Crippen molar-refractivity contribution in [3.8, 4) is 0 Å². The molecule has 0 aliphatic carbocycles. The van der Waals surface area contributed by atoms with Crippen molar-refractivity contribution in [3.05, 3.63) is 70.0 Å². The molecule has 1 atom stereocenters. The van der Waals surface area contributed by atoms with E-state index in [1.165, 1.54) is 17.2 Å². The number of rotatable bonds is 4. The van der Waals surface area contributed by atoms with Crippen LogP contribution in [0.4, 0.5) is 4.39 Å². The Morgan fingerprint density at radius 3 is 2.58 bits per heavy atom. The van der Waals surface area contributed by atoms with Crippen molar-refractivity contribution >= 4 is 11.6 Å². The fourth-order valence-corrected chi connectivity index (χ4v) is 2.54. The van der Waals surface area contributed by atoms with Crippen molar-refractivity contribution in [2.45, 2.75) is 19.3 Å². The van der Waals surface area contributed by atoms with E-state index < -0.39 is 0 Å². The van der Waals surface area contributed by atoms with Gasteiger partial charge in [0.25, 0.3) is 0 Å². The number of halogens is 2. The van der Waals surface area contributed by atoms with Gasteiger partial charge < -0.3 is 5.73 Å². The third-order valence-electron chi connectivity index (χ3n) is 3.41. The molecule has 2 rings (SSSR count). The minimum atomic E-state index is -0.375. The molecule has 0 saturated carbocycles. The Morgan fingerprint density at radius 1 is 1.16 bits per heavy atom. The summed E-state index contributed by atoms with van der Waals surface area (Å²) in [6, 6.07) is 13.0. The van der Waals surface area contributed by atoms with E-state index in [9.17, 15) is 4.39 Å². The SMILES string of the molecule is Cc1ccccc1C(CN)Cc1cccc(F)c1Cl. The second-order valence-electron chi connectivity index (χ2n) is 4.71. The van der Waals surface area contributed by atoms with Gasteiger partial charge in [0, 0.05) is 5.92 Å². The van der Waals surface area contributed by atoms with Gasteiger partial charge in [0.05, 0.1) is 5.02 Å². The molecule has 0 heterocycles. The van der Waals surface area contributed by atoms with Crippen molar-refractivity contribution in [1.82, 2.24) is 0 Å². The van der Waals surface area contributed by atoms with Crippen LogP contribution in [0, 0.1) is 12.7 Å². The van der Waals surface area contributed by atoms with Gasteiger partial charge in [0.2, 0.25) is 0 Å². The van der Waals surface area contributed by atoms with Crippen LogP contribution in [0.5, 0.6) is 0 Å². The molecule has 2 aromatic carbocycles. The van der Waals surface area contributed by atoms with E-state index in [1.54, 1.807) is 6.07 Å². The molecule has 0 radical (unpaired) electrons. The van der Waals surface area contributed by atoms with E-state index in [1.807, 2.05) is 18.2 Å². The molecule has 3 heteroatoms. The molecular formula is C16H17ClFN. The van der Waals surface area contributed by atoms with Crippen molar-refractivity contribution < 1.29 is 4.39 Å². The summed E-state index contributed by atoms with van der Waals surface area (Å²) in [7, 11) is 0. The van der Waals surface area contributed by atoms with E-state index in [4.69, 9.17) is 17.3 Å². The Balaban J connectivity index is 2.30. The molecule has 0 aromatic heterocycles. The van der Waals surface area contributed by atoms with Gasteiger partial charge in [-0.3, -0.25) is 0 Å². The molecule has 1 unspecified atom stereocenters. The van der Waals surface area contributed by atoms with Crippen LogP contribution in [-0.4, -0.2) is 6.54 Å². The number of nitrogens with two attached hydrogens (primary N) is 1. The summed E-state index contributed by atoms with van der Waals surface area (Å²) in [4.78, 5) is 0. The summed E-state index contributed by atoms with van der Waals surface area (Å²) >= 11 is 6.01. The fourth-order valence-electron chi connectivity index (χ4n) is 2.34. The van der Waals surface area contributed by atoms with Crippen LogP contribution < -0.4 is 5.73 Å². The molecule has 100 valence electrons. The lowest BCUT2D eigenvalue weighted by atomic mass is 9.89. The van der Waals surface area contributed by atoms with Gasteiger partial charge in [-0.15, -0.1) is 0 Å². The molecule has 0 aliphatic heterocycles. The molecule has 19 heavy (non-hydrogen) atoms. The summed E-state index contributed by atoms with van der Waals surface area (Å²) in [6.45, 7) is 2.57. The molecular weight excluding hydrogens is 261 g/mol. The second-order valence-corrected chi connectivity index (χ2v) is 5.08. The predicted octanol–water partition coefficient (Wildman–Crippen LogP) is 4.07. The predicted molar refractivity (Wildman–Crippen MR) is 78.1 cm³/mol. The van der Waals surface area contributed by atoms with Gasteiger partial charge in [-0.25, -0.2) is 4.39 Å². The van der Waals surface area contributed by atoms with Crippen LogP contribution in [0.15, 0.2) is 42.5 Å². The number of benzene rings is 2. The first-order chi connectivity index (χ1) is 9.13. The monoisotopic (exact) mass is 277 g/mol. The zero-order chi connectivity index (χ0) is 13.8.